The highest BCUT2D eigenvalue weighted by Crippen LogP contribution is 2.16. The molecule has 5 heteroatoms. The van der Waals surface area contributed by atoms with Crippen LogP contribution in [0, 0.1) is 13.8 Å². The molecule has 0 spiro atoms. The highest BCUT2D eigenvalue weighted by Gasteiger charge is 2.13. The maximum Gasteiger partial charge on any atom is 0.156 e. The molecule has 2 rings (SSSR count). The summed E-state index contributed by atoms with van der Waals surface area (Å²) < 4.78 is 3.63. The molecule has 2 aromatic rings. The Morgan fingerprint density at radius 1 is 1.40 bits per heavy atom. The van der Waals surface area contributed by atoms with Crippen LogP contribution < -0.4 is 5.73 Å². The van der Waals surface area contributed by atoms with Crippen LogP contribution >= 0.6 is 0 Å². The van der Waals surface area contributed by atoms with Gasteiger partial charge in [-0.15, -0.1) is 0 Å². The maximum absolute atomic E-state index is 5.71. The lowest BCUT2D eigenvalue weighted by Gasteiger charge is -2.04. The molecule has 0 aliphatic rings. The minimum absolute atomic E-state index is 0.480. The van der Waals surface area contributed by atoms with Gasteiger partial charge in [-0.3, -0.25) is 4.68 Å². The molecule has 0 radical (unpaired) electrons. The van der Waals surface area contributed by atoms with Crippen LogP contribution in [0.25, 0.3) is 5.82 Å². The fraction of sp³-hybridized carbons (Fsp3) is 0.400. The van der Waals surface area contributed by atoms with Crippen LogP contribution in [0.15, 0.2) is 12.4 Å². The molecule has 0 aliphatic heterocycles. The Morgan fingerprint density at radius 2 is 2.13 bits per heavy atom. The first-order chi connectivity index (χ1) is 7.13. The predicted molar refractivity (Wildman–Crippen MR) is 57.7 cm³/mol. The Hall–Kier alpha value is -1.62. The third-order valence-electron chi connectivity index (χ3n) is 2.45. The van der Waals surface area contributed by atoms with Crippen LogP contribution in [-0.4, -0.2) is 19.6 Å². The van der Waals surface area contributed by atoms with Crippen LogP contribution in [0.2, 0.25) is 0 Å². The van der Waals surface area contributed by atoms with Crippen LogP contribution in [0.4, 0.5) is 0 Å². The van der Waals surface area contributed by atoms with E-state index in [0.717, 1.165) is 22.6 Å². The molecular weight excluding hydrogens is 190 g/mol. The van der Waals surface area contributed by atoms with Crippen molar-refractivity contribution < 1.29 is 0 Å². The van der Waals surface area contributed by atoms with Crippen molar-refractivity contribution in [3.05, 3.63) is 29.2 Å². The summed E-state index contributed by atoms with van der Waals surface area (Å²) >= 11 is 0. The van der Waals surface area contributed by atoms with Gasteiger partial charge in [0.25, 0.3) is 0 Å². The second kappa shape index (κ2) is 3.51. The lowest BCUT2D eigenvalue weighted by atomic mass is 10.2. The van der Waals surface area contributed by atoms with Crippen molar-refractivity contribution in [1.82, 2.24) is 19.6 Å². The number of hydrogen-bond acceptors (Lipinski definition) is 3. The quantitative estimate of drug-likeness (QED) is 0.784. The summed E-state index contributed by atoms with van der Waals surface area (Å²) in [6, 6.07) is 0. The fourth-order valence-electron chi connectivity index (χ4n) is 1.74. The average Bonchev–Trinajstić information content (AvgIpc) is 2.70. The Kier molecular flexibility index (Phi) is 2.32. The zero-order valence-electron chi connectivity index (χ0n) is 9.23. The normalized spacial score (nSPS) is 10.9. The van der Waals surface area contributed by atoms with Gasteiger partial charge in [-0.2, -0.15) is 10.2 Å². The van der Waals surface area contributed by atoms with Crippen molar-refractivity contribution in [1.29, 1.82) is 0 Å². The van der Waals surface area contributed by atoms with Gasteiger partial charge in [0.15, 0.2) is 5.82 Å². The zero-order chi connectivity index (χ0) is 11.0. The van der Waals surface area contributed by atoms with Crippen LogP contribution in [0.3, 0.4) is 0 Å². The van der Waals surface area contributed by atoms with Gasteiger partial charge in [0.1, 0.15) is 0 Å². The predicted octanol–water partition coefficient (Wildman–Crippen LogP) is 0.681. The number of nitrogens with zero attached hydrogens (tertiary/aromatic N) is 4. The topological polar surface area (TPSA) is 61.7 Å². The third kappa shape index (κ3) is 1.55. The lowest BCUT2D eigenvalue weighted by molar-refractivity contribution is 0.691. The molecule has 0 saturated carbocycles. The molecule has 0 amide bonds. The van der Waals surface area contributed by atoms with E-state index >= 15 is 0 Å². The Balaban J connectivity index is 2.61. The largest absolute Gasteiger partial charge is 0.326 e. The zero-order valence-corrected chi connectivity index (χ0v) is 9.23. The molecule has 0 unspecified atom stereocenters. The summed E-state index contributed by atoms with van der Waals surface area (Å²) in [5.41, 5.74) is 8.84. The Morgan fingerprint density at radius 3 is 2.67 bits per heavy atom. The molecule has 0 aliphatic carbocycles. The first-order valence-corrected chi connectivity index (χ1v) is 4.87. The van der Waals surface area contributed by atoms with Crippen molar-refractivity contribution in [2.75, 3.05) is 0 Å². The number of rotatable bonds is 2. The van der Waals surface area contributed by atoms with Gasteiger partial charge >= 0.3 is 0 Å². The average molecular weight is 205 g/mol. The summed E-state index contributed by atoms with van der Waals surface area (Å²) in [5, 5.41) is 8.61. The molecule has 0 aromatic carbocycles. The maximum atomic E-state index is 5.71. The van der Waals surface area contributed by atoms with E-state index in [4.69, 9.17) is 5.73 Å². The monoisotopic (exact) mass is 205 g/mol. The molecular formula is C10H15N5. The van der Waals surface area contributed by atoms with Crippen molar-refractivity contribution in [3.8, 4) is 5.82 Å². The number of nitrogens with two attached hydrogens (primary N) is 1. The summed E-state index contributed by atoms with van der Waals surface area (Å²) in [5.74, 6) is 0.947. The number of aryl methyl sites for hydroxylation is 3. The molecule has 0 bridgehead atoms. The minimum Gasteiger partial charge on any atom is -0.326 e. The second-order valence-corrected chi connectivity index (χ2v) is 3.68. The van der Waals surface area contributed by atoms with Crippen LogP contribution in [0.1, 0.15) is 16.8 Å². The van der Waals surface area contributed by atoms with E-state index < -0.39 is 0 Å². The SMILES string of the molecule is Cc1cnn(-c2c(CN)c(C)nn2C)c1. The van der Waals surface area contributed by atoms with Gasteiger partial charge < -0.3 is 5.73 Å². The first kappa shape index (κ1) is 9.92. The van der Waals surface area contributed by atoms with Crippen molar-refractivity contribution >= 4 is 0 Å². The molecule has 0 atom stereocenters. The van der Waals surface area contributed by atoms with E-state index in [2.05, 4.69) is 10.2 Å². The van der Waals surface area contributed by atoms with Gasteiger partial charge in [0.05, 0.1) is 11.9 Å². The van der Waals surface area contributed by atoms with Gasteiger partial charge in [-0.1, -0.05) is 0 Å². The minimum atomic E-state index is 0.480. The van der Waals surface area contributed by atoms with Gasteiger partial charge in [0.2, 0.25) is 0 Å². The molecule has 2 heterocycles. The molecule has 0 fully saturated rings. The van der Waals surface area contributed by atoms with Gasteiger partial charge in [-0.05, 0) is 19.4 Å². The number of hydrogen-bond donors (Lipinski definition) is 1. The van der Waals surface area contributed by atoms with E-state index in [-0.39, 0.29) is 0 Å². The highest BCUT2D eigenvalue weighted by molar-refractivity contribution is 5.37. The van der Waals surface area contributed by atoms with Gasteiger partial charge in [-0.25, -0.2) is 4.68 Å². The molecule has 2 N–H and O–H groups in total. The van der Waals surface area contributed by atoms with Crippen molar-refractivity contribution in [2.45, 2.75) is 20.4 Å². The molecule has 80 valence electrons. The molecule has 2 aromatic heterocycles. The van der Waals surface area contributed by atoms with Gasteiger partial charge in [0, 0.05) is 25.4 Å². The Labute approximate surface area is 88.5 Å². The number of aromatic nitrogens is 4. The first-order valence-electron chi connectivity index (χ1n) is 4.87. The lowest BCUT2D eigenvalue weighted by Crippen LogP contribution is -2.08. The summed E-state index contributed by atoms with van der Waals surface area (Å²) in [4.78, 5) is 0. The van der Waals surface area contributed by atoms with E-state index in [0.29, 0.717) is 6.54 Å². The summed E-state index contributed by atoms with van der Waals surface area (Å²) in [7, 11) is 1.90. The van der Waals surface area contributed by atoms with Crippen LogP contribution in [0.5, 0.6) is 0 Å². The molecule has 0 saturated heterocycles. The third-order valence-corrected chi connectivity index (χ3v) is 2.45. The molecule has 15 heavy (non-hydrogen) atoms. The standard InChI is InChI=1S/C10H15N5/c1-7-5-12-15(6-7)10-9(4-11)8(2)13-14(10)3/h5-6H,4,11H2,1-3H3. The summed E-state index contributed by atoms with van der Waals surface area (Å²) in [6.07, 6.45) is 3.79. The fourth-order valence-corrected chi connectivity index (χ4v) is 1.74. The second-order valence-electron chi connectivity index (χ2n) is 3.68. The highest BCUT2D eigenvalue weighted by atomic mass is 15.4. The van der Waals surface area contributed by atoms with E-state index in [1.165, 1.54) is 0 Å². The van der Waals surface area contributed by atoms with E-state index in [9.17, 15) is 0 Å². The summed E-state index contributed by atoms with van der Waals surface area (Å²) in [6.45, 7) is 4.45. The van der Waals surface area contributed by atoms with E-state index in [1.54, 1.807) is 0 Å². The smallest absolute Gasteiger partial charge is 0.156 e. The van der Waals surface area contributed by atoms with Crippen LogP contribution in [-0.2, 0) is 13.6 Å². The van der Waals surface area contributed by atoms with E-state index in [1.807, 2.05) is 42.7 Å². The van der Waals surface area contributed by atoms with Crippen molar-refractivity contribution in [3.63, 3.8) is 0 Å². The van der Waals surface area contributed by atoms with Crippen molar-refractivity contribution in [2.24, 2.45) is 12.8 Å². The molecule has 5 nitrogen and oxygen atoms in total. The Bertz CT molecular complexity index is 480.